The van der Waals surface area contributed by atoms with Gasteiger partial charge < -0.3 is 10.5 Å². The first-order valence-electron chi connectivity index (χ1n) is 5.83. The number of nitrogens with zero attached hydrogens (tertiary/aromatic N) is 1. The number of thiazole rings is 1. The predicted octanol–water partition coefficient (Wildman–Crippen LogP) is 3.63. The van der Waals surface area contributed by atoms with Crippen molar-refractivity contribution >= 4 is 16.3 Å². The number of benzene rings is 1. The van der Waals surface area contributed by atoms with Gasteiger partial charge in [0.25, 0.3) is 0 Å². The van der Waals surface area contributed by atoms with Gasteiger partial charge >= 0.3 is 0 Å². The number of nitrogens with two attached hydrogens (primary N) is 1. The Morgan fingerprint density at radius 1 is 1.17 bits per heavy atom. The van der Waals surface area contributed by atoms with Crippen LogP contribution in [0.2, 0.25) is 0 Å². The molecule has 0 atom stereocenters. The van der Waals surface area contributed by atoms with Gasteiger partial charge in [0, 0.05) is 5.56 Å². The number of aryl methyl sites for hydroxylation is 2. The largest absolute Gasteiger partial charge is 0.496 e. The van der Waals surface area contributed by atoms with Crippen LogP contribution in [0.15, 0.2) is 6.07 Å². The third-order valence-electron chi connectivity index (χ3n) is 3.29. The minimum atomic E-state index is 0.788. The smallest absolute Gasteiger partial charge is 0.125 e. The van der Waals surface area contributed by atoms with Gasteiger partial charge in [0.15, 0.2) is 0 Å². The predicted molar refractivity (Wildman–Crippen MR) is 77.5 cm³/mol. The lowest BCUT2D eigenvalue weighted by molar-refractivity contribution is 0.408. The first kappa shape index (κ1) is 12.9. The second-order valence-corrected chi connectivity index (χ2v) is 5.52. The average molecular weight is 262 g/mol. The molecule has 96 valence electrons. The van der Waals surface area contributed by atoms with Crippen molar-refractivity contribution in [3.8, 4) is 16.3 Å². The van der Waals surface area contributed by atoms with E-state index in [2.05, 4.69) is 31.8 Å². The number of ether oxygens (including phenoxy) is 1. The summed E-state index contributed by atoms with van der Waals surface area (Å²) in [4.78, 5) is 4.53. The van der Waals surface area contributed by atoms with Crippen molar-refractivity contribution in [2.75, 3.05) is 12.8 Å². The topological polar surface area (TPSA) is 48.1 Å². The molecule has 0 fully saturated rings. The van der Waals surface area contributed by atoms with Crippen LogP contribution in [0.4, 0.5) is 5.00 Å². The molecule has 0 amide bonds. The zero-order chi connectivity index (χ0) is 13.4. The third kappa shape index (κ3) is 1.97. The van der Waals surface area contributed by atoms with Crippen molar-refractivity contribution in [1.29, 1.82) is 0 Å². The normalized spacial score (nSPS) is 10.7. The first-order valence-corrected chi connectivity index (χ1v) is 6.65. The van der Waals surface area contributed by atoms with E-state index < -0.39 is 0 Å². The van der Waals surface area contributed by atoms with E-state index in [1.165, 1.54) is 22.5 Å². The Labute approximate surface area is 112 Å². The van der Waals surface area contributed by atoms with E-state index in [4.69, 9.17) is 10.5 Å². The molecule has 3 nitrogen and oxygen atoms in total. The van der Waals surface area contributed by atoms with Crippen molar-refractivity contribution in [3.63, 3.8) is 0 Å². The van der Waals surface area contributed by atoms with E-state index in [-0.39, 0.29) is 0 Å². The lowest BCUT2D eigenvalue weighted by Gasteiger charge is -2.14. The summed E-state index contributed by atoms with van der Waals surface area (Å²) in [7, 11) is 1.71. The fourth-order valence-electron chi connectivity index (χ4n) is 2.12. The molecule has 0 saturated carbocycles. The van der Waals surface area contributed by atoms with Crippen molar-refractivity contribution in [2.24, 2.45) is 0 Å². The monoisotopic (exact) mass is 262 g/mol. The van der Waals surface area contributed by atoms with E-state index in [1.54, 1.807) is 7.11 Å². The van der Waals surface area contributed by atoms with Crippen molar-refractivity contribution in [1.82, 2.24) is 4.98 Å². The Balaban J connectivity index is 2.66. The number of hydrogen-bond acceptors (Lipinski definition) is 4. The van der Waals surface area contributed by atoms with Crippen LogP contribution < -0.4 is 10.5 Å². The summed E-state index contributed by atoms with van der Waals surface area (Å²) in [6, 6.07) is 2.12. The Kier molecular flexibility index (Phi) is 3.30. The Bertz CT molecular complexity index is 583. The van der Waals surface area contributed by atoms with Crippen LogP contribution in [0.1, 0.15) is 22.4 Å². The molecule has 1 heterocycles. The number of nitrogen functional groups attached to an aromatic ring is 1. The molecule has 0 aliphatic rings. The highest BCUT2D eigenvalue weighted by Crippen LogP contribution is 2.37. The summed E-state index contributed by atoms with van der Waals surface area (Å²) < 4.78 is 5.43. The van der Waals surface area contributed by atoms with Crippen molar-refractivity contribution in [2.45, 2.75) is 27.7 Å². The quantitative estimate of drug-likeness (QED) is 0.899. The van der Waals surface area contributed by atoms with Crippen LogP contribution >= 0.6 is 11.3 Å². The van der Waals surface area contributed by atoms with Gasteiger partial charge in [-0.1, -0.05) is 11.3 Å². The van der Waals surface area contributed by atoms with Crippen LogP contribution in [0.3, 0.4) is 0 Å². The molecule has 1 aromatic carbocycles. The molecule has 1 aromatic heterocycles. The van der Waals surface area contributed by atoms with Gasteiger partial charge in [-0.05, 0) is 50.5 Å². The molecular formula is C14H18N2OS. The van der Waals surface area contributed by atoms with Gasteiger partial charge in [-0.2, -0.15) is 0 Å². The molecule has 0 bridgehead atoms. The van der Waals surface area contributed by atoms with E-state index in [0.29, 0.717) is 0 Å². The van der Waals surface area contributed by atoms with Gasteiger partial charge in [0.2, 0.25) is 0 Å². The van der Waals surface area contributed by atoms with Crippen LogP contribution in [-0.4, -0.2) is 12.1 Å². The zero-order valence-electron chi connectivity index (χ0n) is 11.4. The summed E-state index contributed by atoms with van der Waals surface area (Å²) in [5, 5.41) is 1.77. The molecular weight excluding hydrogens is 244 g/mol. The van der Waals surface area contributed by atoms with E-state index >= 15 is 0 Å². The molecule has 2 N–H and O–H groups in total. The molecule has 0 aliphatic carbocycles. The molecule has 4 heteroatoms. The SMILES string of the molecule is COc1c(C)cc(-c2nc(C)c(N)s2)c(C)c1C. The van der Waals surface area contributed by atoms with E-state index in [9.17, 15) is 0 Å². The van der Waals surface area contributed by atoms with Gasteiger partial charge in [-0.25, -0.2) is 4.98 Å². The molecule has 0 spiro atoms. The number of aromatic nitrogens is 1. The molecule has 2 rings (SSSR count). The lowest BCUT2D eigenvalue weighted by atomic mass is 9.99. The second-order valence-electron chi connectivity index (χ2n) is 4.49. The first-order chi connectivity index (χ1) is 8.45. The molecule has 0 radical (unpaired) electrons. The number of rotatable bonds is 2. The maximum atomic E-state index is 5.89. The number of anilines is 1. The fourth-order valence-corrected chi connectivity index (χ4v) is 3.02. The van der Waals surface area contributed by atoms with Crippen LogP contribution in [-0.2, 0) is 0 Å². The molecule has 0 aliphatic heterocycles. The Morgan fingerprint density at radius 3 is 2.33 bits per heavy atom. The highest BCUT2D eigenvalue weighted by atomic mass is 32.1. The summed E-state index contributed by atoms with van der Waals surface area (Å²) in [6.07, 6.45) is 0. The maximum Gasteiger partial charge on any atom is 0.125 e. The van der Waals surface area contributed by atoms with Crippen molar-refractivity contribution < 1.29 is 4.74 Å². The van der Waals surface area contributed by atoms with Crippen LogP contribution in [0.25, 0.3) is 10.6 Å². The van der Waals surface area contributed by atoms with Gasteiger partial charge in [0.05, 0.1) is 12.8 Å². The standard InChI is InChI=1S/C14H18N2OS/c1-7-6-11(8(2)9(3)12(7)17-5)14-16-10(4)13(15)18-14/h6H,15H2,1-5H3. The molecule has 2 aromatic rings. The summed E-state index contributed by atoms with van der Waals surface area (Å²) in [5.74, 6) is 0.956. The zero-order valence-corrected chi connectivity index (χ0v) is 12.2. The summed E-state index contributed by atoms with van der Waals surface area (Å²) in [5.41, 5.74) is 11.4. The van der Waals surface area contributed by atoms with E-state index in [1.807, 2.05) is 6.92 Å². The van der Waals surface area contributed by atoms with Gasteiger partial charge in [-0.15, -0.1) is 0 Å². The molecule has 0 unspecified atom stereocenters. The van der Waals surface area contributed by atoms with E-state index in [0.717, 1.165) is 32.6 Å². The minimum Gasteiger partial charge on any atom is -0.496 e. The van der Waals surface area contributed by atoms with Gasteiger partial charge in [0.1, 0.15) is 15.8 Å². The molecule has 0 saturated heterocycles. The molecule has 18 heavy (non-hydrogen) atoms. The minimum absolute atomic E-state index is 0.788. The summed E-state index contributed by atoms with van der Waals surface area (Å²) >= 11 is 1.54. The number of hydrogen-bond donors (Lipinski definition) is 1. The highest BCUT2D eigenvalue weighted by molar-refractivity contribution is 7.18. The van der Waals surface area contributed by atoms with Crippen molar-refractivity contribution in [3.05, 3.63) is 28.5 Å². The summed E-state index contributed by atoms with van der Waals surface area (Å²) in [6.45, 7) is 8.17. The van der Waals surface area contributed by atoms with Crippen LogP contribution in [0, 0.1) is 27.7 Å². The van der Waals surface area contributed by atoms with Crippen LogP contribution in [0.5, 0.6) is 5.75 Å². The Morgan fingerprint density at radius 2 is 1.83 bits per heavy atom. The lowest BCUT2D eigenvalue weighted by Crippen LogP contribution is -1.96. The maximum absolute atomic E-state index is 5.89. The fraction of sp³-hybridized carbons (Fsp3) is 0.357. The number of methoxy groups -OCH3 is 1. The average Bonchev–Trinajstić information content (AvgIpc) is 2.65. The Hall–Kier alpha value is -1.55. The second kappa shape index (κ2) is 4.61. The highest BCUT2D eigenvalue weighted by Gasteiger charge is 2.15. The van der Waals surface area contributed by atoms with Gasteiger partial charge in [-0.3, -0.25) is 0 Å². The third-order valence-corrected chi connectivity index (χ3v) is 4.31.